The van der Waals surface area contributed by atoms with Crippen LogP contribution in [-0.4, -0.2) is 36.9 Å². The lowest BCUT2D eigenvalue weighted by Gasteiger charge is -2.17. The number of amides is 2. The zero-order valence-corrected chi connectivity index (χ0v) is 13.6. The van der Waals surface area contributed by atoms with Crippen LogP contribution in [0, 0.1) is 6.92 Å². The molecule has 0 radical (unpaired) electrons. The van der Waals surface area contributed by atoms with Gasteiger partial charge in [0.1, 0.15) is 6.04 Å². The Morgan fingerprint density at radius 3 is 2.82 bits per heavy atom. The molecule has 0 spiro atoms. The molecule has 0 saturated carbocycles. The lowest BCUT2D eigenvalue weighted by Crippen LogP contribution is -2.42. The van der Waals surface area contributed by atoms with Gasteiger partial charge in [0.25, 0.3) is 0 Å². The Hall–Kier alpha value is -1.88. The molecule has 0 bridgehead atoms. The van der Waals surface area contributed by atoms with Gasteiger partial charge in [-0.15, -0.1) is 0 Å². The summed E-state index contributed by atoms with van der Waals surface area (Å²) in [7, 11) is 4.06. The summed E-state index contributed by atoms with van der Waals surface area (Å²) in [5.41, 5.74) is 3.17. The highest BCUT2D eigenvalue weighted by Gasteiger charge is 2.23. The first-order valence-electron chi connectivity index (χ1n) is 7.80. The quantitative estimate of drug-likeness (QED) is 0.895. The zero-order chi connectivity index (χ0) is 16.1. The second-order valence-electron chi connectivity index (χ2n) is 6.23. The van der Waals surface area contributed by atoms with E-state index in [4.69, 9.17) is 0 Å². The molecule has 1 saturated heterocycles. The molecule has 2 rings (SSSR count). The molecule has 2 N–H and O–H groups in total. The first-order valence-corrected chi connectivity index (χ1v) is 7.80. The number of nitrogens with one attached hydrogen (secondary N) is 2. The van der Waals surface area contributed by atoms with Gasteiger partial charge in [-0.05, 0) is 57.1 Å². The summed E-state index contributed by atoms with van der Waals surface area (Å²) in [4.78, 5) is 26.0. The van der Waals surface area contributed by atoms with Gasteiger partial charge in [0.05, 0.1) is 0 Å². The summed E-state index contributed by atoms with van der Waals surface area (Å²) in [6.45, 7) is 2.92. The van der Waals surface area contributed by atoms with Gasteiger partial charge in [-0.2, -0.15) is 0 Å². The van der Waals surface area contributed by atoms with E-state index in [2.05, 4.69) is 15.5 Å². The zero-order valence-electron chi connectivity index (χ0n) is 13.6. The number of carbonyl (C=O) groups excluding carboxylic acids is 2. The third-order valence-corrected chi connectivity index (χ3v) is 3.90. The molecule has 1 fully saturated rings. The van der Waals surface area contributed by atoms with E-state index in [1.54, 1.807) is 0 Å². The Morgan fingerprint density at radius 1 is 1.36 bits per heavy atom. The van der Waals surface area contributed by atoms with Crippen LogP contribution in [0.4, 0.5) is 5.69 Å². The number of hydrogen-bond donors (Lipinski definition) is 2. The average molecular weight is 303 g/mol. The van der Waals surface area contributed by atoms with Gasteiger partial charge in [0, 0.05) is 18.7 Å². The largest absolute Gasteiger partial charge is 0.344 e. The van der Waals surface area contributed by atoms with Crippen molar-refractivity contribution in [2.45, 2.75) is 45.2 Å². The monoisotopic (exact) mass is 303 g/mol. The van der Waals surface area contributed by atoms with E-state index in [9.17, 15) is 9.59 Å². The van der Waals surface area contributed by atoms with Crippen molar-refractivity contribution in [3.8, 4) is 0 Å². The maximum atomic E-state index is 12.3. The van der Waals surface area contributed by atoms with E-state index in [0.29, 0.717) is 12.8 Å². The van der Waals surface area contributed by atoms with Crippen molar-refractivity contribution in [3.05, 3.63) is 29.3 Å². The fourth-order valence-corrected chi connectivity index (χ4v) is 2.69. The highest BCUT2D eigenvalue weighted by Crippen LogP contribution is 2.17. The van der Waals surface area contributed by atoms with Crippen LogP contribution in [-0.2, 0) is 16.1 Å². The van der Waals surface area contributed by atoms with Crippen molar-refractivity contribution in [2.24, 2.45) is 0 Å². The Bertz CT molecular complexity index is 555. The number of rotatable bonds is 4. The lowest BCUT2D eigenvalue weighted by molar-refractivity contribution is -0.125. The van der Waals surface area contributed by atoms with Crippen LogP contribution in [0.15, 0.2) is 18.2 Å². The molecule has 22 heavy (non-hydrogen) atoms. The van der Waals surface area contributed by atoms with Crippen molar-refractivity contribution >= 4 is 17.5 Å². The minimum atomic E-state index is -0.420. The lowest BCUT2D eigenvalue weighted by atomic mass is 10.1. The van der Waals surface area contributed by atoms with Crippen molar-refractivity contribution in [3.63, 3.8) is 0 Å². The van der Waals surface area contributed by atoms with Gasteiger partial charge in [-0.3, -0.25) is 9.59 Å². The topological polar surface area (TPSA) is 61.4 Å². The van der Waals surface area contributed by atoms with Crippen molar-refractivity contribution < 1.29 is 9.59 Å². The third kappa shape index (κ3) is 4.56. The Morgan fingerprint density at radius 2 is 2.14 bits per heavy atom. The van der Waals surface area contributed by atoms with Gasteiger partial charge >= 0.3 is 0 Å². The number of hydrogen-bond acceptors (Lipinski definition) is 3. The average Bonchev–Trinajstić information content (AvgIpc) is 2.66. The second-order valence-corrected chi connectivity index (χ2v) is 6.23. The summed E-state index contributed by atoms with van der Waals surface area (Å²) in [5, 5.41) is 5.71. The predicted molar refractivity (Wildman–Crippen MR) is 87.6 cm³/mol. The molecule has 0 aromatic heterocycles. The Kier molecular flexibility index (Phi) is 5.55. The van der Waals surface area contributed by atoms with E-state index < -0.39 is 6.04 Å². The van der Waals surface area contributed by atoms with Crippen LogP contribution in [0.5, 0.6) is 0 Å². The van der Waals surface area contributed by atoms with Crippen LogP contribution in [0.1, 0.15) is 36.8 Å². The maximum Gasteiger partial charge on any atom is 0.246 e. The smallest absolute Gasteiger partial charge is 0.246 e. The molecule has 120 valence electrons. The number of carbonyl (C=O) groups is 2. The molecule has 2 amide bonds. The Balaban J connectivity index is 2.02. The summed E-state index contributed by atoms with van der Waals surface area (Å²) in [6, 6.07) is 5.52. The van der Waals surface area contributed by atoms with Gasteiger partial charge in [-0.25, -0.2) is 0 Å². The van der Waals surface area contributed by atoms with Crippen LogP contribution in [0.2, 0.25) is 0 Å². The summed E-state index contributed by atoms with van der Waals surface area (Å²) in [5.74, 6) is -0.162. The second kappa shape index (κ2) is 7.40. The van der Waals surface area contributed by atoms with E-state index in [0.717, 1.165) is 30.6 Å². The van der Waals surface area contributed by atoms with Crippen molar-refractivity contribution in [2.75, 3.05) is 19.4 Å². The summed E-state index contributed by atoms with van der Waals surface area (Å²) >= 11 is 0. The molecular formula is C17H25N3O2. The molecule has 5 nitrogen and oxygen atoms in total. The minimum Gasteiger partial charge on any atom is -0.344 e. The van der Waals surface area contributed by atoms with Gasteiger partial charge in [-0.1, -0.05) is 12.5 Å². The normalized spacial score (nSPS) is 18.7. The molecule has 0 aliphatic carbocycles. The van der Waals surface area contributed by atoms with E-state index in [1.807, 2.05) is 39.2 Å². The third-order valence-electron chi connectivity index (χ3n) is 3.90. The molecule has 1 heterocycles. The highest BCUT2D eigenvalue weighted by atomic mass is 16.2. The van der Waals surface area contributed by atoms with Crippen LogP contribution in [0.3, 0.4) is 0 Å². The molecule has 1 aliphatic rings. The van der Waals surface area contributed by atoms with Gasteiger partial charge in [0.15, 0.2) is 0 Å². The minimum absolute atomic E-state index is 0.0323. The SMILES string of the molecule is Cc1cc(NC(=O)[C@@H]2CCCCC(=O)N2)ccc1CN(C)C. The fourth-order valence-electron chi connectivity index (χ4n) is 2.69. The summed E-state index contributed by atoms with van der Waals surface area (Å²) < 4.78 is 0. The first-order chi connectivity index (χ1) is 10.5. The molecule has 1 aromatic carbocycles. The molecule has 0 unspecified atom stereocenters. The van der Waals surface area contributed by atoms with Crippen LogP contribution in [0.25, 0.3) is 0 Å². The van der Waals surface area contributed by atoms with Crippen molar-refractivity contribution in [1.82, 2.24) is 10.2 Å². The van der Waals surface area contributed by atoms with E-state index >= 15 is 0 Å². The Labute approximate surface area is 132 Å². The summed E-state index contributed by atoms with van der Waals surface area (Å²) in [6.07, 6.45) is 2.98. The fraction of sp³-hybridized carbons (Fsp3) is 0.529. The van der Waals surface area contributed by atoms with Gasteiger partial charge < -0.3 is 15.5 Å². The molecule has 5 heteroatoms. The molecule has 1 aromatic rings. The molecular weight excluding hydrogens is 278 g/mol. The number of benzene rings is 1. The number of anilines is 1. The molecule has 1 aliphatic heterocycles. The van der Waals surface area contributed by atoms with E-state index in [1.165, 1.54) is 5.56 Å². The number of nitrogens with zero attached hydrogens (tertiary/aromatic N) is 1. The molecule has 1 atom stereocenters. The van der Waals surface area contributed by atoms with Crippen LogP contribution < -0.4 is 10.6 Å². The van der Waals surface area contributed by atoms with Gasteiger partial charge in [0.2, 0.25) is 11.8 Å². The van der Waals surface area contributed by atoms with E-state index in [-0.39, 0.29) is 11.8 Å². The predicted octanol–water partition coefficient (Wildman–Crippen LogP) is 2.05. The first kappa shape index (κ1) is 16.5. The van der Waals surface area contributed by atoms with Crippen molar-refractivity contribution in [1.29, 1.82) is 0 Å². The maximum absolute atomic E-state index is 12.3. The van der Waals surface area contributed by atoms with Crippen LogP contribution >= 0.6 is 0 Å². The number of aryl methyl sites for hydroxylation is 1. The standard InChI is InChI=1S/C17H25N3O2/c1-12-10-14(9-8-13(12)11-20(2)3)18-17(22)15-6-4-5-7-16(21)19-15/h8-10,15H,4-7,11H2,1-3H3,(H,18,22)(H,19,21)/t15-/m0/s1. The highest BCUT2D eigenvalue weighted by molar-refractivity contribution is 5.97.